The predicted octanol–water partition coefficient (Wildman–Crippen LogP) is 3.12. The summed E-state index contributed by atoms with van der Waals surface area (Å²) in [4.78, 5) is 3.93. The van der Waals surface area contributed by atoms with Gasteiger partial charge in [0.2, 0.25) is 0 Å². The summed E-state index contributed by atoms with van der Waals surface area (Å²) < 4.78 is 40.6. The van der Waals surface area contributed by atoms with Crippen molar-refractivity contribution in [1.29, 1.82) is 0 Å². The zero-order valence-corrected chi connectivity index (χ0v) is 13.8. The lowest BCUT2D eigenvalue weighted by molar-refractivity contribution is 0.370. The number of alkyl halides is 1. The van der Waals surface area contributed by atoms with Crippen LogP contribution in [-0.2, 0) is 22.9 Å². The van der Waals surface area contributed by atoms with Crippen molar-refractivity contribution in [2.75, 3.05) is 10.8 Å². The average molecular weight is 334 g/mol. The summed E-state index contributed by atoms with van der Waals surface area (Å²) in [6.07, 6.45) is 4.57. The van der Waals surface area contributed by atoms with E-state index < -0.39 is 16.2 Å². The second-order valence-electron chi connectivity index (χ2n) is 5.81. The van der Waals surface area contributed by atoms with Crippen molar-refractivity contribution in [2.24, 2.45) is 0 Å². The molecular formula is C17H19FN2O2S. The molecular weight excluding hydrogens is 315 g/mol. The number of halogens is 1. The quantitative estimate of drug-likeness (QED) is 0.844. The lowest BCUT2D eigenvalue weighted by Crippen LogP contribution is -2.35. The fourth-order valence-electron chi connectivity index (χ4n) is 2.91. The lowest BCUT2D eigenvalue weighted by Gasteiger charge is -2.25. The molecule has 1 aromatic carbocycles. The highest BCUT2D eigenvalue weighted by Crippen LogP contribution is 2.30. The lowest BCUT2D eigenvalue weighted by atomic mass is 10.1. The number of rotatable bonds is 5. The number of sulfonamides is 1. The van der Waals surface area contributed by atoms with Crippen molar-refractivity contribution in [3.8, 4) is 0 Å². The molecule has 0 bridgehead atoms. The smallest absolute Gasteiger partial charge is 0.263 e. The van der Waals surface area contributed by atoms with E-state index in [4.69, 9.17) is 0 Å². The molecule has 0 fully saturated rings. The van der Waals surface area contributed by atoms with Crippen LogP contribution in [0.15, 0.2) is 47.6 Å². The highest BCUT2D eigenvalue weighted by molar-refractivity contribution is 7.92. The number of hydrogen-bond donors (Lipinski definition) is 0. The van der Waals surface area contributed by atoms with E-state index in [2.05, 4.69) is 4.98 Å². The maximum absolute atomic E-state index is 13.6. The van der Waals surface area contributed by atoms with Gasteiger partial charge in [-0.15, -0.1) is 0 Å². The molecule has 0 spiro atoms. The fourth-order valence-corrected chi connectivity index (χ4v) is 4.40. The van der Waals surface area contributed by atoms with Gasteiger partial charge in [0.1, 0.15) is 11.1 Å². The number of anilines is 1. The molecule has 0 aliphatic heterocycles. The molecule has 1 aliphatic carbocycles. The first-order valence-electron chi connectivity index (χ1n) is 7.67. The van der Waals surface area contributed by atoms with Crippen LogP contribution in [0.3, 0.4) is 0 Å². The van der Waals surface area contributed by atoms with Crippen molar-refractivity contribution in [1.82, 2.24) is 4.98 Å². The largest absolute Gasteiger partial charge is 0.265 e. The molecule has 1 aromatic heterocycles. The zero-order valence-electron chi connectivity index (χ0n) is 12.9. The van der Waals surface area contributed by atoms with Crippen LogP contribution in [0.25, 0.3) is 0 Å². The van der Waals surface area contributed by atoms with Crippen LogP contribution in [0, 0.1) is 0 Å². The van der Waals surface area contributed by atoms with Crippen LogP contribution in [0.1, 0.15) is 24.5 Å². The number of hydrogen-bond acceptors (Lipinski definition) is 3. The Balaban J connectivity index is 2.05. The minimum atomic E-state index is -3.84. The molecule has 0 saturated heterocycles. The standard InChI is InChI=1S/C17H19FN2O2S/c1-13(18)12-20(23(21,22)17-6-3-9-19-11-17)16-8-7-14-4-2-5-15(14)10-16/h3,6-11,13H,2,4-5,12H2,1H3/t13-/m1/s1. The van der Waals surface area contributed by atoms with Crippen LogP contribution in [0.4, 0.5) is 10.1 Å². The first-order valence-corrected chi connectivity index (χ1v) is 9.11. The first kappa shape index (κ1) is 15.9. The minimum absolute atomic E-state index is 0.0705. The number of aromatic nitrogens is 1. The van der Waals surface area contributed by atoms with Gasteiger partial charge in [-0.3, -0.25) is 9.29 Å². The Morgan fingerprint density at radius 1 is 1.26 bits per heavy atom. The fraction of sp³-hybridized carbons (Fsp3) is 0.353. The van der Waals surface area contributed by atoms with Crippen LogP contribution >= 0.6 is 0 Å². The first-order chi connectivity index (χ1) is 11.0. The highest BCUT2D eigenvalue weighted by Gasteiger charge is 2.27. The van der Waals surface area contributed by atoms with Crippen molar-refractivity contribution in [3.63, 3.8) is 0 Å². The molecule has 0 saturated carbocycles. The zero-order chi connectivity index (χ0) is 16.4. The van der Waals surface area contributed by atoms with E-state index in [1.54, 1.807) is 12.1 Å². The summed E-state index contributed by atoms with van der Waals surface area (Å²) in [7, 11) is -3.84. The van der Waals surface area contributed by atoms with Crippen molar-refractivity contribution >= 4 is 15.7 Å². The number of aryl methyl sites for hydroxylation is 2. The highest BCUT2D eigenvalue weighted by atomic mass is 32.2. The van der Waals surface area contributed by atoms with E-state index in [0.29, 0.717) is 5.69 Å². The van der Waals surface area contributed by atoms with Crippen molar-refractivity contribution in [3.05, 3.63) is 53.9 Å². The van der Waals surface area contributed by atoms with Gasteiger partial charge in [0, 0.05) is 12.4 Å². The number of benzene rings is 1. The Kier molecular flexibility index (Phi) is 4.35. The van der Waals surface area contributed by atoms with Crippen molar-refractivity contribution in [2.45, 2.75) is 37.3 Å². The van der Waals surface area contributed by atoms with Gasteiger partial charge in [-0.25, -0.2) is 12.8 Å². The van der Waals surface area contributed by atoms with Gasteiger partial charge in [0.25, 0.3) is 10.0 Å². The summed E-state index contributed by atoms with van der Waals surface area (Å²) in [6.45, 7) is 1.15. The summed E-state index contributed by atoms with van der Waals surface area (Å²) in [6, 6.07) is 8.63. The second kappa shape index (κ2) is 6.28. The van der Waals surface area contributed by atoms with Gasteiger partial charge >= 0.3 is 0 Å². The SMILES string of the molecule is C[C@@H](F)CN(c1ccc2c(c1)CCC2)S(=O)(=O)c1cccnc1. The Bertz CT molecular complexity index is 791. The second-order valence-corrected chi connectivity index (χ2v) is 7.67. The molecule has 1 aliphatic rings. The molecule has 3 rings (SSSR count). The maximum atomic E-state index is 13.6. The topological polar surface area (TPSA) is 50.3 Å². The van der Waals surface area contributed by atoms with Crippen LogP contribution in [0.2, 0.25) is 0 Å². The normalized spacial score (nSPS) is 15.2. The Morgan fingerprint density at radius 3 is 2.74 bits per heavy atom. The summed E-state index contributed by atoms with van der Waals surface area (Å²) in [5.41, 5.74) is 2.92. The van der Waals surface area contributed by atoms with Crippen molar-refractivity contribution < 1.29 is 12.8 Å². The van der Waals surface area contributed by atoms with Crippen LogP contribution in [0.5, 0.6) is 0 Å². The molecule has 1 atom stereocenters. The molecule has 0 unspecified atom stereocenters. The summed E-state index contributed by atoms with van der Waals surface area (Å²) >= 11 is 0. The van der Waals surface area contributed by atoms with Gasteiger partial charge in [0.15, 0.2) is 0 Å². The van der Waals surface area contributed by atoms with Gasteiger partial charge in [-0.2, -0.15) is 0 Å². The van der Waals surface area contributed by atoms with Gasteiger partial charge < -0.3 is 0 Å². The number of fused-ring (bicyclic) bond motifs is 1. The molecule has 0 radical (unpaired) electrons. The van der Waals surface area contributed by atoms with Gasteiger partial charge in [-0.05, 0) is 61.6 Å². The summed E-state index contributed by atoms with van der Waals surface area (Å²) in [5.74, 6) is 0. The Hall–Kier alpha value is -1.95. The molecule has 1 heterocycles. The van der Waals surface area contributed by atoms with E-state index >= 15 is 0 Å². The monoisotopic (exact) mass is 334 g/mol. The third kappa shape index (κ3) is 3.22. The van der Waals surface area contributed by atoms with Crippen LogP contribution in [-0.4, -0.2) is 26.1 Å². The number of nitrogens with zero attached hydrogens (tertiary/aromatic N) is 2. The molecule has 0 amide bonds. The minimum Gasteiger partial charge on any atom is -0.263 e. The molecule has 23 heavy (non-hydrogen) atoms. The van der Waals surface area contributed by atoms with E-state index in [1.807, 2.05) is 12.1 Å². The maximum Gasteiger partial charge on any atom is 0.265 e. The Morgan fingerprint density at radius 2 is 2.04 bits per heavy atom. The number of pyridine rings is 1. The molecule has 2 aromatic rings. The summed E-state index contributed by atoms with van der Waals surface area (Å²) in [5, 5.41) is 0. The van der Waals surface area contributed by atoms with E-state index in [0.717, 1.165) is 29.1 Å². The van der Waals surface area contributed by atoms with Crippen LogP contribution < -0.4 is 4.31 Å². The van der Waals surface area contributed by atoms with E-state index in [-0.39, 0.29) is 11.4 Å². The van der Waals surface area contributed by atoms with Gasteiger partial charge in [0.05, 0.1) is 12.2 Å². The third-order valence-electron chi connectivity index (χ3n) is 4.01. The van der Waals surface area contributed by atoms with Gasteiger partial charge in [-0.1, -0.05) is 6.07 Å². The predicted molar refractivity (Wildman–Crippen MR) is 87.8 cm³/mol. The average Bonchev–Trinajstić information content (AvgIpc) is 3.00. The molecule has 6 heteroatoms. The van der Waals surface area contributed by atoms with E-state index in [9.17, 15) is 12.8 Å². The Labute approximate surface area is 136 Å². The third-order valence-corrected chi connectivity index (χ3v) is 5.79. The molecule has 4 nitrogen and oxygen atoms in total. The van der Waals surface area contributed by atoms with E-state index in [1.165, 1.54) is 30.9 Å². The molecule has 122 valence electrons. The molecule has 0 N–H and O–H groups in total.